The first kappa shape index (κ1) is 15.5. The van der Waals surface area contributed by atoms with Crippen molar-refractivity contribution in [3.05, 3.63) is 56.5 Å². The minimum absolute atomic E-state index is 0.0100. The zero-order valence-corrected chi connectivity index (χ0v) is 12.5. The third-order valence-corrected chi connectivity index (χ3v) is 3.89. The predicted molar refractivity (Wildman–Crippen MR) is 82.8 cm³/mol. The Balaban J connectivity index is 2.04. The molecule has 6 heteroatoms. The second-order valence-electron chi connectivity index (χ2n) is 4.07. The zero-order valence-electron chi connectivity index (χ0n) is 11.0. The van der Waals surface area contributed by atoms with Crippen molar-refractivity contribution in [2.24, 2.45) is 5.73 Å². The van der Waals surface area contributed by atoms with E-state index in [9.17, 15) is 9.18 Å². The fourth-order valence-corrected chi connectivity index (χ4v) is 2.52. The van der Waals surface area contributed by atoms with Gasteiger partial charge in [-0.15, -0.1) is 11.3 Å². The van der Waals surface area contributed by atoms with Gasteiger partial charge in [-0.1, -0.05) is 23.4 Å². The summed E-state index contributed by atoms with van der Waals surface area (Å²) in [5, 5.41) is 4.61. The minimum atomic E-state index is -0.616. The molecule has 1 aromatic carbocycles. The van der Waals surface area contributed by atoms with Crippen LogP contribution < -0.4 is 11.1 Å². The summed E-state index contributed by atoms with van der Waals surface area (Å²) in [7, 11) is 0. The van der Waals surface area contributed by atoms with Crippen LogP contribution in [0.3, 0.4) is 0 Å². The van der Waals surface area contributed by atoms with Crippen molar-refractivity contribution in [2.45, 2.75) is 6.54 Å². The molecule has 0 bridgehead atoms. The van der Waals surface area contributed by atoms with Crippen LogP contribution in [-0.2, 0) is 6.54 Å². The molecule has 2 rings (SSSR count). The fourth-order valence-electron chi connectivity index (χ4n) is 1.64. The first-order valence-corrected chi connectivity index (χ1v) is 7.36. The quantitative estimate of drug-likeness (QED) is 0.854. The smallest absolute Gasteiger partial charge is 0.251 e. The van der Waals surface area contributed by atoms with Crippen molar-refractivity contribution in [1.29, 1.82) is 0 Å². The molecule has 0 aliphatic carbocycles. The summed E-state index contributed by atoms with van der Waals surface area (Å²) in [6, 6.07) is 5.82. The van der Waals surface area contributed by atoms with E-state index in [1.807, 2.05) is 11.4 Å². The van der Waals surface area contributed by atoms with Crippen molar-refractivity contribution in [2.75, 3.05) is 6.54 Å². The average molecular weight is 323 g/mol. The molecule has 0 aliphatic rings. The summed E-state index contributed by atoms with van der Waals surface area (Å²) in [4.78, 5) is 12.9. The number of nitrogens with two attached hydrogens (primary N) is 1. The lowest BCUT2D eigenvalue weighted by Crippen LogP contribution is -2.22. The van der Waals surface area contributed by atoms with E-state index in [-0.39, 0.29) is 23.0 Å². The van der Waals surface area contributed by atoms with Crippen molar-refractivity contribution in [1.82, 2.24) is 5.32 Å². The van der Waals surface area contributed by atoms with Crippen molar-refractivity contribution in [3.8, 4) is 11.8 Å². The van der Waals surface area contributed by atoms with E-state index in [4.69, 9.17) is 17.3 Å². The number of amides is 1. The molecule has 3 nitrogen and oxygen atoms in total. The van der Waals surface area contributed by atoms with Gasteiger partial charge in [-0.2, -0.15) is 0 Å². The van der Waals surface area contributed by atoms with Crippen LogP contribution in [0.1, 0.15) is 20.8 Å². The van der Waals surface area contributed by atoms with Gasteiger partial charge < -0.3 is 11.1 Å². The molecule has 3 N–H and O–H groups in total. The maximum absolute atomic E-state index is 13.3. The second-order valence-corrected chi connectivity index (χ2v) is 5.48. The van der Waals surface area contributed by atoms with Gasteiger partial charge in [0.1, 0.15) is 5.82 Å². The van der Waals surface area contributed by atoms with Gasteiger partial charge in [0, 0.05) is 16.0 Å². The molecule has 0 saturated heterocycles. The van der Waals surface area contributed by atoms with Gasteiger partial charge in [0.2, 0.25) is 0 Å². The van der Waals surface area contributed by atoms with E-state index in [1.54, 1.807) is 0 Å². The maximum atomic E-state index is 13.3. The number of benzene rings is 1. The summed E-state index contributed by atoms with van der Waals surface area (Å²) < 4.78 is 13.3. The lowest BCUT2D eigenvalue weighted by Gasteiger charge is -2.05. The fraction of sp³-hybridized carbons (Fsp3) is 0.133. The van der Waals surface area contributed by atoms with Crippen LogP contribution in [0.25, 0.3) is 0 Å². The largest absolute Gasteiger partial charge is 0.347 e. The molecule has 0 saturated carbocycles. The summed E-state index contributed by atoms with van der Waals surface area (Å²) in [6.45, 7) is 0.612. The minimum Gasteiger partial charge on any atom is -0.347 e. The standard InChI is InChI=1S/C15H12ClFN2OS/c16-12-4-3-11(8-13(12)17)15(20)19-9-14-10(2-1-6-18)5-7-21-14/h3-5,7-8H,6,9,18H2,(H,19,20). The van der Waals surface area contributed by atoms with Gasteiger partial charge >= 0.3 is 0 Å². The third-order valence-electron chi connectivity index (χ3n) is 2.66. The Morgan fingerprint density at radius 1 is 1.43 bits per heavy atom. The normalized spacial score (nSPS) is 9.86. The lowest BCUT2D eigenvalue weighted by molar-refractivity contribution is 0.0951. The van der Waals surface area contributed by atoms with Gasteiger partial charge in [-0.05, 0) is 29.6 Å². The highest BCUT2D eigenvalue weighted by molar-refractivity contribution is 7.10. The summed E-state index contributed by atoms with van der Waals surface area (Å²) in [6.07, 6.45) is 0. The number of nitrogens with one attached hydrogen (secondary N) is 1. The molecule has 0 atom stereocenters. The van der Waals surface area contributed by atoms with Crippen LogP contribution in [0.2, 0.25) is 5.02 Å². The Morgan fingerprint density at radius 2 is 2.24 bits per heavy atom. The lowest BCUT2D eigenvalue weighted by atomic mass is 10.2. The average Bonchev–Trinajstić information content (AvgIpc) is 2.92. The number of halogens is 2. The van der Waals surface area contributed by atoms with E-state index in [2.05, 4.69) is 17.2 Å². The molecule has 1 aromatic heterocycles. The molecule has 0 fully saturated rings. The van der Waals surface area contributed by atoms with Crippen molar-refractivity contribution in [3.63, 3.8) is 0 Å². The molecule has 0 unspecified atom stereocenters. The van der Waals surface area contributed by atoms with E-state index < -0.39 is 5.82 Å². The van der Waals surface area contributed by atoms with E-state index >= 15 is 0 Å². The molecular formula is C15H12ClFN2OS. The second kappa shape index (κ2) is 7.23. The summed E-state index contributed by atoms with van der Waals surface area (Å²) in [5.41, 5.74) is 6.40. The van der Waals surface area contributed by atoms with Crippen LogP contribution in [0.4, 0.5) is 4.39 Å². The maximum Gasteiger partial charge on any atom is 0.251 e. The van der Waals surface area contributed by atoms with Gasteiger partial charge in [-0.3, -0.25) is 4.79 Å². The highest BCUT2D eigenvalue weighted by Gasteiger charge is 2.10. The van der Waals surface area contributed by atoms with E-state index in [1.165, 1.54) is 23.5 Å². The van der Waals surface area contributed by atoms with Gasteiger partial charge in [-0.25, -0.2) is 4.39 Å². The number of thiophene rings is 1. The summed E-state index contributed by atoms with van der Waals surface area (Å²) >= 11 is 7.07. The van der Waals surface area contributed by atoms with Crippen molar-refractivity contribution >= 4 is 28.8 Å². The molecule has 2 aromatic rings. The Bertz CT molecular complexity index is 718. The first-order chi connectivity index (χ1) is 10.1. The van der Waals surface area contributed by atoms with Crippen LogP contribution >= 0.6 is 22.9 Å². The van der Waals surface area contributed by atoms with Crippen LogP contribution in [-0.4, -0.2) is 12.5 Å². The number of rotatable bonds is 3. The Kier molecular flexibility index (Phi) is 5.34. The van der Waals surface area contributed by atoms with Gasteiger partial charge in [0.25, 0.3) is 5.91 Å². The molecule has 0 spiro atoms. The highest BCUT2D eigenvalue weighted by atomic mass is 35.5. The van der Waals surface area contributed by atoms with Crippen LogP contribution in [0.5, 0.6) is 0 Å². The molecule has 108 valence electrons. The zero-order chi connectivity index (χ0) is 15.2. The highest BCUT2D eigenvalue weighted by Crippen LogP contribution is 2.17. The molecule has 0 radical (unpaired) electrons. The Hall–Kier alpha value is -1.87. The molecule has 0 aliphatic heterocycles. The first-order valence-electron chi connectivity index (χ1n) is 6.10. The van der Waals surface area contributed by atoms with Crippen molar-refractivity contribution < 1.29 is 9.18 Å². The molecular weight excluding hydrogens is 311 g/mol. The number of carbonyl (C=O) groups is 1. The number of hydrogen-bond acceptors (Lipinski definition) is 3. The molecule has 1 heterocycles. The topological polar surface area (TPSA) is 55.1 Å². The van der Waals surface area contributed by atoms with E-state index in [0.29, 0.717) is 6.54 Å². The monoisotopic (exact) mass is 322 g/mol. The van der Waals surface area contributed by atoms with Crippen LogP contribution in [0, 0.1) is 17.7 Å². The Labute approximate surface area is 130 Å². The number of hydrogen-bond donors (Lipinski definition) is 2. The Morgan fingerprint density at radius 3 is 2.95 bits per heavy atom. The van der Waals surface area contributed by atoms with E-state index in [0.717, 1.165) is 16.5 Å². The predicted octanol–water partition coefficient (Wildman–Crippen LogP) is 2.78. The molecule has 1 amide bonds. The molecule has 21 heavy (non-hydrogen) atoms. The van der Waals surface area contributed by atoms with Gasteiger partial charge in [0.05, 0.1) is 18.1 Å². The number of carbonyl (C=O) groups excluding carboxylic acids is 1. The SMILES string of the molecule is NCC#Cc1ccsc1CNC(=O)c1ccc(Cl)c(F)c1. The third kappa shape index (κ3) is 4.05. The van der Waals surface area contributed by atoms with Crippen LogP contribution in [0.15, 0.2) is 29.6 Å². The van der Waals surface area contributed by atoms with Gasteiger partial charge in [0.15, 0.2) is 0 Å². The summed E-state index contributed by atoms with van der Waals surface area (Å²) in [5.74, 6) is 4.73.